The number of para-hydroxylation sites is 1. The maximum Gasteiger partial charge on any atom is 0.586 e. The summed E-state index contributed by atoms with van der Waals surface area (Å²) in [6.45, 7) is 0. The first-order valence-corrected chi connectivity index (χ1v) is 5.39. The average Bonchev–Trinajstić information content (AvgIpc) is 2.58. The molecule has 1 atom stereocenters. The Kier molecular flexibility index (Phi) is 4.70. The molecule has 2 N–H and O–H groups in total. The Labute approximate surface area is 117 Å². The van der Waals surface area contributed by atoms with Crippen molar-refractivity contribution in [3.8, 4) is 11.5 Å². The normalized spacial score (nSPS) is 17.5. The van der Waals surface area contributed by atoms with E-state index >= 15 is 0 Å². The number of benzene rings is 1. The Bertz CT molecular complexity index is 480. The molecule has 9 heteroatoms. The molecule has 0 bridgehead atoms. The van der Waals surface area contributed by atoms with Crippen molar-refractivity contribution in [3.63, 3.8) is 0 Å². The van der Waals surface area contributed by atoms with Gasteiger partial charge in [-0.3, -0.25) is 0 Å². The minimum Gasteiger partial charge on any atom is -0.395 e. The second-order valence-corrected chi connectivity index (χ2v) is 4.10. The molecule has 0 fully saturated rings. The summed E-state index contributed by atoms with van der Waals surface area (Å²) in [5, 5.41) is 0. The molecule has 114 valence electrons. The SMILES string of the molecule is Cl.N[C@H](CCC(F)(F)F)c1cccc2c1OC(F)(F)O2. The predicted molar refractivity (Wildman–Crippen MR) is 62.1 cm³/mol. The Morgan fingerprint density at radius 3 is 2.45 bits per heavy atom. The number of fused-ring (bicyclic) bond motifs is 1. The molecule has 2 rings (SSSR count). The van der Waals surface area contributed by atoms with Crippen molar-refractivity contribution in [1.29, 1.82) is 0 Å². The van der Waals surface area contributed by atoms with Crippen LogP contribution in [0, 0.1) is 0 Å². The average molecular weight is 320 g/mol. The van der Waals surface area contributed by atoms with E-state index in [1.165, 1.54) is 18.2 Å². The third kappa shape index (κ3) is 3.86. The van der Waals surface area contributed by atoms with E-state index in [4.69, 9.17) is 5.73 Å². The molecule has 0 aliphatic carbocycles. The van der Waals surface area contributed by atoms with Crippen LogP contribution >= 0.6 is 12.4 Å². The van der Waals surface area contributed by atoms with E-state index in [-0.39, 0.29) is 29.5 Å². The van der Waals surface area contributed by atoms with Gasteiger partial charge in [-0.15, -0.1) is 21.2 Å². The van der Waals surface area contributed by atoms with Crippen LogP contribution in [0.5, 0.6) is 11.5 Å². The molecule has 0 spiro atoms. The zero-order valence-electron chi connectivity index (χ0n) is 9.92. The van der Waals surface area contributed by atoms with Gasteiger partial charge in [-0.2, -0.15) is 13.2 Å². The van der Waals surface area contributed by atoms with Crippen molar-refractivity contribution >= 4 is 12.4 Å². The molecule has 0 aromatic heterocycles. The highest BCUT2D eigenvalue weighted by Crippen LogP contribution is 2.45. The largest absolute Gasteiger partial charge is 0.586 e. The van der Waals surface area contributed by atoms with Crippen LogP contribution < -0.4 is 15.2 Å². The number of hydrogen-bond acceptors (Lipinski definition) is 3. The van der Waals surface area contributed by atoms with Crippen molar-refractivity contribution in [3.05, 3.63) is 23.8 Å². The van der Waals surface area contributed by atoms with E-state index in [0.717, 1.165) is 0 Å². The molecule has 1 aromatic carbocycles. The lowest BCUT2D eigenvalue weighted by Crippen LogP contribution is -2.26. The maximum absolute atomic E-state index is 12.9. The standard InChI is InChI=1S/C11H10F5NO2.ClH/c12-10(13,14)5-4-7(17)6-2-1-3-8-9(6)19-11(15,16)18-8;/h1-3,7H,4-5,17H2;1H/t7-;/m1./s1. The number of hydrogen-bond donors (Lipinski definition) is 1. The molecule has 0 unspecified atom stereocenters. The molecule has 0 saturated carbocycles. The third-order valence-corrected chi connectivity index (χ3v) is 2.60. The van der Waals surface area contributed by atoms with E-state index in [2.05, 4.69) is 9.47 Å². The van der Waals surface area contributed by atoms with Gasteiger partial charge >= 0.3 is 12.5 Å². The van der Waals surface area contributed by atoms with Gasteiger partial charge in [0.2, 0.25) is 0 Å². The van der Waals surface area contributed by atoms with Crippen LogP contribution in [0.4, 0.5) is 22.0 Å². The van der Waals surface area contributed by atoms with Crippen LogP contribution in [0.1, 0.15) is 24.4 Å². The summed E-state index contributed by atoms with van der Waals surface area (Å²) in [6, 6.07) is 2.88. The summed E-state index contributed by atoms with van der Waals surface area (Å²) in [4.78, 5) is 0. The molecule has 0 radical (unpaired) electrons. The Morgan fingerprint density at radius 2 is 1.85 bits per heavy atom. The molecule has 20 heavy (non-hydrogen) atoms. The highest BCUT2D eigenvalue weighted by atomic mass is 35.5. The second-order valence-electron chi connectivity index (χ2n) is 4.10. The molecule has 3 nitrogen and oxygen atoms in total. The number of nitrogens with two attached hydrogens (primary N) is 1. The summed E-state index contributed by atoms with van der Waals surface area (Å²) < 4.78 is 70.5. The number of alkyl halides is 5. The smallest absolute Gasteiger partial charge is 0.395 e. The van der Waals surface area contributed by atoms with Crippen LogP contribution in [0.3, 0.4) is 0 Å². The number of halogens is 6. The summed E-state index contributed by atoms with van der Waals surface area (Å²) in [5.41, 5.74) is 5.65. The van der Waals surface area contributed by atoms with Gasteiger partial charge in [0.15, 0.2) is 11.5 Å². The monoisotopic (exact) mass is 319 g/mol. The lowest BCUT2D eigenvalue weighted by molar-refractivity contribution is -0.287. The predicted octanol–water partition coefficient (Wildman–Crippen LogP) is 3.77. The topological polar surface area (TPSA) is 44.5 Å². The first-order valence-electron chi connectivity index (χ1n) is 5.39. The van der Waals surface area contributed by atoms with Gasteiger partial charge in [-0.25, -0.2) is 0 Å². The van der Waals surface area contributed by atoms with Crippen molar-refractivity contribution in [2.45, 2.75) is 31.4 Å². The van der Waals surface area contributed by atoms with E-state index < -0.39 is 31.4 Å². The van der Waals surface area contributed by atoms with Gasteiger partial charge in [0.1, 0.15) is 0 Å². The lowest BCUT2D eigenvalue weighted by atomic mass is 10.0. The van der Waals surface area contributed by atoms with Crippen molar-refractivity contribution in [2.75, 3.05) is 0 Å². The van der Waals surface area contributed by atoms with Gasteiger partial charge in [-0.1, -0.05) is 12.1 Å². The van der Waals surface area contributed by atoms with Gasteiger partial charge in [0.05, 0.1) is 0 Å². The molecule has 1 heterocycles. The summed E-state index contributed by atoms with van der Waals surface area (Å²) in [7, 11) is 0. The van der Waals surface area contributed by atoms with Crippen LogP contribution in [-0.2, 0) is 0 Å². The minimum atomic E-state index is -4.35. The lowest BCUT2D eigenvalue weighted by Gasteiger charge is -2.15. The Morgan fingerprint density at radius 1 is 1.20 bits per heavy atom. The molecular formula is C11H11ClF5NO2. The van der Waals surface area contributed by atoms with Crippen molar-refractivity contribution in [1.82, 2.24) is 0 Å². The molecule has 1 aliphatic heterocycles. The zero-order chi connectivity index (χ0) is 14.3. The van der Waals surface area contributed by atoms with Gasteiger partial charge < -0.3 is 15.2 Å². The van der Waals surface area contributed by atoms with Gasteiger partial charge in [-0.05, 0) is 12.5 Å². The molecule has 1 aromatic rings. The summed E-state index contributed by atoms with van der Waals surface area (Å²) in [5.74, 6) is -0.535. The summed E-state index contributed by atoms with van der Waals surface area (Å²) >= 11 is 0. The van der Waals surface area contributed by atoms with E-state index in [1.54, 1.807) is 0 Å². The van der Waals surface area contributed by atoms with E-state index in [0.29, 0.717) is 0 Å². The van der Waals surface area contributed by atoms with Gasteiger partial charge in [0, 0.05) is 18.0 Å². The summed E-state index contributed by atoms with van der Waals surface area (Å²) in [6.07, 6.45) is -9.69. The minimum absolute atomic E-state index is 0. The van der Waals surface area contributed by atoms with E-state index in [9.17, 15) is 22.0 Å². The molecule has 1 aliphatic rings. The fraction of sp³-hybridized carbons (Fsp3) is 0.455. The van der Waals surface area contributed by atoms with Crippen LogP contribution in [-0.4, -0.2) is 12.5 Å². The van der Waals surface area contributed by atoms with Crippen molar-refractivity contribution < 1.29 is 31.4 Å². The van der Waals surface area contributed by atoms with Crippen LogP contribution in [0.2, 0.25) is 0 Å². The van der Waals surface area contributed by atoms with Crippen LogP contribution in [0.15, 0.2) is 18.2 Å². The first-order chi connectivity index (χ1) is 8.68. The fourth-order valence-electron chi connectivity index (χ4n) is 1.76. The number of rotatable bonds is 3. The Hall–Kier alpha value is -1.28. The fourth-order valence-corrected chi connectivity index (χ4v) is 1.76. The molecular weight excluding hydrogens is 309 g/mol. The van der Waals surface area contributed by atoms with Gasteiger partial charge in [0.25, 0.3) is 0 Å². The second kappa shape index (κ2) is 5.61. The molecule has 0 amide bonds. The first kappa shape index (κ1) is 16.8. The third-order valence-electron chi connectivity index (χ3n) is 2.60. The van der Waals surface area contributed by atoms with Crippen LogP contribution in [0.25, 0.3) is 0 Å². The van der Waals surface area contributed by atoms with Crippen molar-refractivity contribution in [2.24, 2.45) is 5.73 Å². The molecule has 0 saturated heterocycles. The zero-order valence-corrected chi connectivity index (χ0v) is 10.7. The Balaban J connectivity index is 0.00000200. The highest BCUT2D eigenvalue weighted by Gasteiger charge is 2.45. The highest BCUT2D eigenvalue weighted by molar-refractivity contribution is 5.85. The number of ether oxygens (including phenoxy) is 2. The van der Waals surface area contributed by atoms with E-state index in [1.807, 2.05) is 0 Å². The quantitative estimate of drug-likeness (QED) is 0.863. The maximum atomic E-state index is 12.9.